The topological polar surface area (TPSA) is 0 Å². The van der Waals surface area contributed by atoms with Crippen molar-refractivity contribution in [2.45, 2.75) is 25.7 Å². The first-order valence-corrected chi connectivity index (χ1v) is 11.1. The molecule has 2 aliphatic rings. The molecule has 0 fully saturated rings. The van der Waals surface area contributed by atoms with E-state index < -0.39 is 0 Å². The minimum Gasteiger partial charge on any atom is -0.129 e. The summed E-state index contributed by atoms with van der Waals surface area (Å²) >= 11 is 8.80. The van der Waals surface area contributed by atoms with Crippen LogP contribution < -0.4 is 0 Å². The number of benzene rings is 1. The van der Waals surface area contributed by atoms with Gasteiger partial charge >= 0.3 is 0 Å². The van der Waals surface area contributed by atoms with E-state index in [1.165, 1.54) is 48.9 Å². The predicted octanol–water partition coefficient (Wildman–Crippen LogP) is 7.28. The third-order valence-corrected chi connectivity index (χ3v) is 8.93. The molecule has 0 radical (unpaired) electrons. The van der Waals surface area contributed by atoms with E-state index in [1.807, 2.05) is 22.7 Å². The van der Waals surface area contributed by atoms with E-state index in [4.69, 9.17) is 0 Å². The van der Waals surface area contributed by atoms with E-state index in [9.17, 15) is 0 Å². The first-order chi connectivity index (χ1) is 10.5. The van der Waals surface area contributed by atoms with Crippen LogP contribution in [0.15, 0.2) is 24.3 Å². The molecule has 2 unspecified atom stereocenters. The summed E-state index contributed by atoms with van der Waals surface area (Å²) < 4.78 is 2.81. The van der Waals surface area contributed by atoms with Gasteiger partial charge in [-0.1, -0.05) is 13.8 Å². The lowest BCUT2D eigenvalue weighted by Gasteiger charge is -2.11. The minimum atomic E-state index is 0.536. The van der Waals surface area contributed by atoms with Gasteiger partial charge in [-0.05, 0) is 103 Å². The second-order valence-electron chi connectivity index (χ2n) is 6.14. The Balaban J connectivity index is 1.79. The molecule has 2 aliphatic carbocycles. The molecule has 0 amide bonds. The van der Waals surface area contributed by atoms with Crippen molar-refractivity contribution in [3.63, 3.8) is 0 Å². The molecular formula is C18H12I2S2. The summed E-state index contributed by atoms with van der Waals surface area (Å²) in [6, 6.07) is 9.73. The van der Waals surface area contributed by atoms with Gasteiger partial charge in [-0.2, -0.15) is 0 Å². The van der Waals surface area contributed by atoms with Crippen LogP contribution in [0.1, 0.15) is 47.9 Å². The second kappa shape index (κ2) is 4.80. The molecule has 0 spiro atoms. The largest absolute Gasteiger partial charge is 0.129 e. The Morgan fingerprint density at radius 3 is 1.50 bits per heavy atom. The lowest BCUT2D eigenvalue weighted by atomic mass is 9.93. The Hall–Kier alpha value is 0.0800. The summed E-state index contributed by atoms with van der Waals surface area (Å²) in [5.41, 5.74) is 9.10. The molecular weight excluding hydrogens is 534 g/mol. The molecule has 0 aliphatic heterocycles. The van der Waals surface area contributed by atoms with Crippen LogP contribution in [0, 0.1) is 5.77 Å². The van der Waals surface area contributed by atoms with Gasteiger partial charge in [-0.15, -0.1) is 22.7 Å². The molecule has 0 bridgehead atoms. The second-order valence-corrected chi connectivity index (χ2v) is 12.0. The SMILES string of the molecule is CC1c2cc3c(cc2-c2sc(I)cc21)C(C)c1cc(I)sc1-3. The van der Waals surface area contributed by atoms with E-state index in [0.29, 0.717) is 11.8 Å². The minimum absolute atomic E-state index is 0.536. The van der Waals surface area contributed by atoms with Crippen LogP contribution in [-0.4, -0.2) is 0 Å². The fraction of sp³-hybridized carbons (Fsp3) is 0.222. The first kappa shape index (κ1) is 14.4. The monoisotopic (exact) mass is 546 g/mol. The first-order valence-electron chi connectivity index (χ1n) is 7.31. The molecule has 0 saturated carbocycles. The van der Waals surface area contributed by atoms with Gasteiger partial charge in [-0.25, -0.2) is 0 Å². The quantitative estimate of drug-likeness (QED) is 0.260. The summed E-state index contributed by atoms with van der Waals surface area (Å²) in [6.07, 6.45) is 0. The number of hydrogen-bond acceptors (Lipinski definition) is 2. The summed E-state index contributed by atoms with van der Waals surface area (Å²) in [4.78, 5) is 3.01. The smallest absolute Gasteiger partial charge is 0.0663 e. The van der Waals surface area contributed by atoms with Crippen molar-refractivity contribution in [3.8, 4) is 20.9 Å². The molecule has 3 aromatic rings. The molecule has 2 atom stereocenters. The van der Waals surface area contributed by atoms with Crippen molar-refractivity contribution in [1.29, 1.82) is 0 Å². The van der Waals surface area contributed by atoms with Crippen molar-refractivity contribution >= 4 is 67.9 Å². The highest BCUT2D eigenvalue weighted by Gasteiger charge is 2.34. The number of fused-ring (bicyclic) bond motifs is 6. The maximum absolute atomic E-state index is 2.49. The number of halogens is 2. The fourth-order valence-corrected chi connectivity index (χ4v) is 7.92. The van der Waals surface area contributed by atoms with Gasteiger partial charge in [0.05, 0.1) is 5.77 Å². The van der Waals surface area contributed by atoms with Gasteiger partial charge in [-0.3, -0.25) is 0 Å². The maximum atomic E-state index is 2.49. The summed E-state index contributed by atoms with van der Waals surface area (Å²) in [5, 5.41) is 0. The summed E-state index contributed by atoms with van der Waals surface area (Å²) in [6.45, 7) is 4.72. The van der Waals surface area contributed by atoms with Crippen LogP contribution in [0.2, 0.25) is 0 Å². The molecule has 4 heteroatoms. The highest BCUT2D eigenvalue weighted by molar-refractivity contribution is 14.1. The van der Waals surface area contributed by atoms with E-state index >= 15 is 0 Å². The summed E-state index contributed by atoms with van der Waals surface area (Å²) in [5.74, 6) is 1.07. The molecule has 2 aromatic heterocycles. The van der Waals surface area contributed by atoms with Crippen LogP contribution in [0.25, 0.3) is 20.9 Å². The molecule has 22 heavy (non-hydrogen) atoms. The van der Waals surface area contributed by atoms with Crippen molar-refractivity contribution in [3.05, 3.63) is 52.3 Å². The van der Waals surface area contributed by atoms with Gasteiger partial charge in [0.15, 0.2) is 0 Å². The van der Waals surface area contributed by atoms with E-state index in [-0.39, 0.29) is 0 Å². The molecule has 110 valence electrons. The van der Waals surface area contributed by atoms with Gasteiger partial charge < -0.3 is 0 Å². The standard InChI is InChI=1S/C18H12I2S2/c1-7-9-3-14-10(8(2)12-6-16(20)22-18(12)14)4-13(9)17-11(7)5-15(19)21-17/h3-8H,1-2H3. The van der Waals surface area contributed by atoms with Gasteiger partial charge in [0.1, 0.15) is 0 Å². The van der Waals surface area contributed by atoms with Crippen molar-refractivity contribution in [1.82, 2.24) is 0 Å². The van der Waals surface area contributed by atoms with Crippen LogP contribution in [0.4, 0.5) is 0 Å². The Kier molecular flexibility index (Phi) is 3.15. The van der Waals surface area contributed by atoms with Crippen LogP contribution in [0.5, 0.6) is 0 Å². The molecule has 2 heterocycles. The zero-order valence-corrected chi connectivity index (χ0v) is 18.0. The Morgan fingerprint density at radius 2 is 1.09 bits per heavy atom. The number of thiophene rings is 2. The highest BCUT2D eigenvalue weighted by Crippen LogP contribution is 2.55. The third-order valence-electron chi connectivity index (χ3n) is 5.04. The Bertz CT molecular complexity index is 870. The van der Waals surface area contributed by atoms with Crippen LogP contribution >= 0.6 is 67.9 Å². The van der Waals surface area contributed by atoms with Crippen LogP contribution in [0.3, 0.4) is 0 Å². The average Bonchev–Trinajstić information content (AvgIpc) is 3.17. The molecule has 0 saturated heterocycles. The van der Waals surface area contributed by atoms with E-state index in [2.05, 4.69) is 83.3 Å². The lowest BCUT2D eigenvalue weighted by molar-refractivity contribution is 0.945. The molecule has 0 N–H and O–H groups in total. The van der Waals surface area contributed by atoms with Gasteiger partial charge in [0.2, 0.25) is 0 Å². The summed E-state index contributed by atoms with van der Waals surface area (Å²) in [7, 11) is 0. The van der Waals surface area contributed by atoms with Crippen LogP contribution in [-0.2, 0) is 0 Å². The van der Waals surface area contributed by atoms with Gasteiger partial charge in [0.25, 0.3) is 0 Å². The fourth-order valence-electron chi connectivity index (χ4n) is 3.89. The number of hydrogen-bond donors (Lipinski definition) is 0. The predicted molar refractivity (Wildman–Crippen MR) is 114 cm³/mol. The van der Waals surface area contributed by atoms with Gasteiger partial charge in [0, 0.05) is 21.6 Å². The molecule has 1 aromatic carbocycles. The zero-order valence-electron chi connectivity index (χ0n) is 12.0. The van der Waals surface area contributed by atoms with E-state index in [1.54, 1.807) is 0 Å². The zero-order chi connectivity index (χ0) is 15.2. The van der Waals surface area contributed by atoms with Crippen molar-refractivity contribution < 1.29 is 0 Å². The maximum Gasteiger partial charge on any atom is 0.0663 e. The molecule has 0 nitrogen and oxygen atoms in total. The molecule has 5 rings (SSSR count). The normalized spacial score (nSPS) is 20.7. The van der Waals surface area contributed by atoms with Crippen molar-refractivity contribution in [2.75, 3.05) is 0 Å². The third kappa shape index (κ3) is 1.78. The lowest BCUT2D eigenvalue weighted by Crippen LogP contribution is -1.93. The average molecular weight is 546 g/mol. The highest BCUT2D eigenvalue weighted by atomic mass is 127. The van der Waals surface area contributed by atoms with E-state index in [0.717, 1.165) is 0 Å². The Labute approximate surface area is 165 Å². The van der Waals surface area contributed by atoms with Crippen molar-refractivity contribution in [2.24, 2.45) is 0 Å². The Morgan fingerprint density at radius 1 is 0.682 bits per heavy atom. The number of rotatable bonds is 0.